The van der Waals surface area contributed by atoms with Gasteiger partial charge in [-0.25, -0.2) is 4.98 Å². The van der Waals surface area contributed by atoms with E-state index in [9.17, 15) is 14.7 Å². The van der Waals surface area contributed by atoms with E-state index < -0.39 is 18.1 Å². The average Bonchev–Trinajstić information content (AvgIpc) is 3.69. The van der Waals surface area contributed by atoms with Crippen LogP contribution >= 0.6 is 11.3 Å². The number of aromatic nitrogens is 2. The van der Waals surface area contributed by atoms with E-state index in [1.807, 2.05) is 50.5 Å². The van der Waals surface area contributed by atoms with Gasteiger partial charge in [0, 0.05) is 45.2 Å². The second-order valence-electron chi connectivity index (χ2n) is 10.8. The van der Waals surface area contributed by atoms with Crippen molar-refractivity contribution in [1.82, 2.24) is 30.6 Å². The Bertz CT molecular complexity index is 1300. The number of rotatable bonds is 9. The number of aryl methyl sites for hydroxylation is 2. The third-order valence-corrected chi connectivity index (χ3v) is 8.85. The number of aliphatic hydroxyl groups is 1. The van der Waals surface area contributed by atoms with Crippen molar-refractivity contribution in [2.45, 2.75) is 57.7 Å². The molecule has 2 amide bonds. The molecule has 10 nitrogen and oxygen atoms in total. The van der Waals surface area contributed by atoms with E-state index in [0.29, 0.717) is 17.9 Å². The smallest absolute Gasteiger partial charge is 0.243 e. The zero-order valence-corrected chi connectivity index (χ0v) is 24.1. The molecule has 0 radical (unpaired) electrons. The van der Waals surface area contributed by atoms with Crippen LogP contribution in [0.1, 0.15) is 54.4 Å². The largest absolute Gasteiger partial charge is 0.391 e. The number of nitrogens with zero attached hydrogens (tertiary/aromatic N) is 4. The highest BCUT2D eigenvalue weighted by molar-refractivity contribution is 7.13. The number of likely N-dealkylation sites (tertiary alicyclic amines) is 1. The summed E-state index contributed by atoms with van der Waals surface area (Å²) in [7, 11) is 0. The lowest BCUT2D eigenvalue weighted by molar-refractivity contribution is -0.140. The number of β-amino-alcohol motifs (C(OH)–C–C–N with tert-alkyl or cyclic N) is 1. The molecule has 40 heavy (non-hydrogen) atoms. The number of carbonyl (C=O) groups excluding carboxylic acids is 2. The maximum absolute atomic E-state index is 13.9. The van der Waals surface area contributed by atoms with Crippen LogP contribution in [-0.4, -0.2) is 88.3 Å². The van der Waals surface area contributed by atoms with Crippen molar-refractivity contribution in [3.05, 3.63) is 58.6 Å². The third kappa shape index (κ3) is 6.43. The molecule has 5 rings (SSSR count). The summed E-state index contributed by atoms with van der Waals surface area (Å²) in [6, 6.07) is 8.86. The summed E-state index contributed by atoms with van der Waals surface area (Å²) < 4.78 is 5.54. The molecule has 0 unspecified atom stereocenters. The van der Waals surface area contributed by atoms with Crippen molar-refractivity contribution >= 4 is 23.2 Å². The molecule has 214 valence electrons. The predicted molar refractivity (Wildman–Crippen MR) is 153 cm³/mol. The van der Waals surface area contributed by atoms with Crippen LogP contribution < -0.4 is 10.6 Å². The van der Waals surface area contributed by atoms with Gasteiger partial charge in [0.25, 0.3) is 0 Å². The van der Waals surface area contributed by atoms with Crippen LogP contribution in [0.25, 0.3) is 10.4 Å². The Morgan fingerprint density at radius 2 is 1.98 bits per heavy atom. The maximum atomic E-state index is 13.9. The Morgan fingerprint density at radius 3 is 2.62 bits per heavy atom. The second kappa shape index (κ2) is 12.6. The molecule has 0 spiro atoms. The fraction of sp³-hybridized carbons (Fsp3) is 0.517. The highest BCUT2D eigenvalue weighted by Crippen LogP contribution is 2.30. The van der Waals surface area contributed by atoms with Gasteiger partial charge in [-0.1, -0.05) is 29.4 Å². The normalized spacial score (nSPS) is 21.4. The van der Waals surface area contributed by atoms with Gasteiger partial charge in [0.1, 0.15) is 17.7 Å². The Balaban J connectivity index is 1.27. The molecule has 1 aromatic carbocycles. The van der Waals surface area contributed by atoms with E-state index >= 15 is 0 Å². The van der Waals surface area contributed by atoms with Crippen LogP contribution in [-0.2, 0) is 9.59 Å². The molecule has 2 saturated heterocycles. The molecule has 2 aliphatic heterocycles. The Kier molecular flexibility index (Phi) is 8.94. The van der Waals surface area contributed by atoms with Gasteiger partial charge in [-0.15, -0.1) is 11.3 Å². The lowest BCUT2D eigenvalue weighted by Crippen LogP contribution is -2.48. The number of aliphatic hydroxyl groups excluding tert-OH is 1. The van der Waals surface area contributed by atoms with Gasteiger partial charge in [0.15, 0.2) is 0 Å². The second-order valence-corrected chi connectivity index (χ2v) is 11.7. The highest BCUT2D eigenvalue weighted by atomic mass is 32.1. The minimum atomic E-state index is -0.762. The zero-order valence-electron chi connectivity index (χ0n) is 23.3. The first kappa shape index (κ1) is 28.4. The molecule has 11 heteroatoms. The number of benzene rings is 1. The van der Waals surface area contributed by atoms with E-state index in [2.05, 4.69) is 25.7 Å². The average molecular weight is 567 g/mol. The lowest BCUT2D eigenvalue weighted by atomic mass is 9.98. The lowest BCUT2D eigenvalue weighted by Gasteiger charge is -2.31. The molecule has 0 saturated carbocycles. The molecule has 4 heterocycles. The topological polar surface area (TPSA) is 124 Å². The van der Waals surface area contributed by atoms with Gasteiger partial charge < -0.3 is 30.1 Å². The number of amides is 2. The summed E-state index contributed by atoms with van der Waals surface area (Å²) in [6.45, 7) is 10.3. The van der Waals surface area contributed by atoms with Crippen molar-refractivity contribution < 1.29 is 19.2 Å². The number of nitrogens with one attached hydrogen (secondary N) is 2. The Hall–Kier alpha value is -3.12. The fourth-order valence-electron chi connectivity index (χ4n) is 5.58. The maximum Gasteiger partial charge on any atom is 0.243 e. The predicted octanol–water partition coefficient (Wildman–Crippen LogP) is 2.63. The third-order valence-electron chi connectivity index (χ3n) is 7.87. The van der Waals surface area contributed by atoms with Crippen molar-refractivity contribution in [1.29, 1.82) is 0 Å². The fourth-order valence-corrected chi connectivity index (χ4v) is 6.39. The van der Waals surface area contributed by atoms with Gasteiger partial charge >= 0.3 is 0 Å². The number of thiazole rings is 1. The molecular weight excluding hydrogens is 528 g/mol. The number of hydrogen-bond acceptors (Lipinski definition) is 9. The van der Waals surface area contributed by atoms with Gasteiger partial charge in [0.05, 0.1) is 33.9 Å². The zero-order chi connectivity index (χ0) is 28.2. The van der Waals surface area contributed by atoms with E-state index in [-0.39, 0.29) is 30.8 Å². The quantitative estimate of drug-likeness (QED) is 0.361. The Morgan fingerprint density at radius 1 is 1.23 bits per heavy atom. The molecule has 0 aliphatic carbocycles. The van der Waals surface area contributed by atoms with Gasteiger partial charge in [-0.05, 0) is 44.9 Å². The number of carbonyl (C=O) groups is 2. The van der Waals surface area contributed by atoms with Gasteiger partial charge in [0.2, 0.25) is 11.8 Å². The summed E-state index contributed by atoms with van der Waals surface area (Å²) in [5.74, 6) is -0.547. The van der Waals surface area contributed by atoms with Crippen molar-refractivity contribution in [2.24, 2.45) is 0 Å². The van der Waals surface area contributed by atoms with Crippen LogP contribution in [0.2, 0.25) is 0 Å². The standard InChI is InChI=1S/C29H38N6O4S/c1-18-14-26(39-33-18)24(8-11-34-12-9-30-10-13-34)29(38)35-16-23(36)15-25(35)28(37)32-19(2)21-4-6-22(7-5-21)27-20(3)31-17-40-27/h4-7,14,17,19,23-25,30,36H,8-13,15-16H2,1-3H3,(H,32,37)/t19-,23+,24+,25-/m0/s1. The van der Waals surface area contributed by atoms with Crippen molar-refractivity contribution in [2.75, 3.05) is 39.3 Å². The van der Waals surface area contributed by atoms with Crippen LogP contribution in [0.5, 0.6) is 0 Å². The van der Waals surface area contributed by atoms with Crippen LogP contribution in [0, 0.1) is 13.8 Å². The summed E-state index contributed by atoms with van der Waals surface area (Å²) in [5.41, 5.74) is 5.59. The highest BCUT2D eigenvalue weighted by Gasteiger charge is 2.42. The van der Waals surface area contributed by atoms with Crippen LogP contribution in [0.4, 0.5) is 0 Å². The minimum absolute atomic E-state index is 0.117. The summed E-state index contributed by atoms with van der Waals surface area (Å²) in [5, 5.41) is 21.0. The molecule has 2 aliphatic rings. The number of hydrogen-bond donors (Lipinski definition) is 3. The molecule has 2 aromatic heterocycles. The van der Waals surface area contributed by atoms with E-state index in [0.717, 1.165) is 54.4 Å². The summed E-state index contributed by atoms with van der Waals surface area (Å²) >= 11 is 1.60. The monoisotopic (exact) mass is 566 g/mol. The molecule has 3 N–H and O–H groups in total. The molecular formula is C29H38N6O4S. The first-order chi connectivity index (χ1) is 19.3. The molecule has 0 bridgehead atoms. The summed E-state index contributed by atoms with van der Waals surface area (Å²) in [6.07, 6.45) is -0.00765. The number of piperazine rings is 1. The molecule has 2 fully saturated rings. The molecule has 4 atom stereocenters. The van der Waals surface area contributed by atoms with E-state index in [1.165, 1.54) is 4.90 Å². The summed E-state index contributed by atoms with van der Waals surface area (Å²) in [4.78, 5) is 36.7. The van der Waals surface area contributed by atoms with E-state index in [4.69, 9.17) is 4.52 Å². The van der Waals surface area contributed by atoms with Crippen molar-refractivity contribution in [3.63, 3.8) is 0 Å². The molecule has 3 aromatic rings. The Labute approximate surface area is 238 Å². The van der Waals surface area contributed by atoms with E-state index in [1.54, 1.807) is 17.4 Å². The van der Waals surface area contributed by atoms with Gasteiger partial charge in [-0.3, -0.25) is 9.59 Å². The van der Waals surface area contributed by atoms with Crippen LogP contribution in [0.15, 0.2) is 40.4 Å². The first-order valence-corrected chi connectivity index (χ1v) is 14.8. The van der Waals surface area contributed by atoms with Crippen LogP contribution in [0.3, 0.4) is 0 Å². The minimum Gasteiger partial charge on any atom is -0.391 e. The van der Waals surface area contributed by atoms with Gasteiger partial charge in [-0.2, -0.15) is 0 Å². The van der Waals surface area contributed by atoms with Crippen molar-refractivity contribution in [3.8, 4) is 10.4 Å². The first-order valence-electron chi connectivity index (χ1n) is 14.0. The SMILES string of the molecule is Cc1cc([C@@H](CCN2CCNCC2)C(=O)N2C[C@H](O)C[C@H]2C(=O)N[C@@H](C)c2ccc(-c3scnc3C)cc2)on1.